The number of carbonyl (C=O) groups excluding carboxylic acids is 2. The summed E-state index contributed by atoms with van der Waals surface area (Å²) in [5, 5.41) is 0. The standard InChI is InChI=1S/C30H59O8P/c1-4-7-9-11-13-15-17-19-21-23-25-30(32)38-28(27-37-39(33,34)36-6-3)26-35-29(31)24-22-20-18-16-14-12-10-8-5-2/h28H,4-27H2,1-3H3,(H,33,34). The molecule has 0 rings (SSSR count). The molecule has 0 aromatic rings. The Balaban J connectivity index is 4.25. The summed E-state index contributed by atoms with van der Waals surface area (Å²) in [7, 11) is -4.25. The number of ether oxygens (including phenoxy) is 2. The molecule has 0 saturated heterocycles. The van der Waals surface area contributed by atoms with Crippen molar-refractivity contribution in [3.05, 3.63) is 0 Å². The summed E-state index contributed by atoms with van der Waals surface area (Å²) in [5.41, 5.74) is 0. The molecule has 0 aliphatic rings. The fourth-order valence-electron chi connectivity index (χ4n) is 4.33. The lowest BCUT2D eigenvalue weighted by Gasteiger charge is -2.19. The summed E-state index contributed by atoms with van der Waals surface area (Å²) in [6, 6.07) is 0. The second-order valence-electron chi connectivity index (χ2n) is 10.5. The average Bonchev–Trinajstić information content (AvgIpc) is 2.90. The van der Waals surface area contributed by atoms with Gasteiger partial charge in [0.2, 0.25) is 0 Å². The van der Waals surface area contributed by atoms with E-state index in [9.17, 15) is 19.0 Å². The Kier molecular flexibility index (Phi) is 26.6. The topological polar surface area (TPSA) is 108 Å². The Bertz CT molecular complexity index is 628. The van der Waals surface area contributed by atoms with Crippen molar-refractivity contribution < 1.29 is 37.6 Å². The molecule has 0 saturated carbocycles. The zero-order chi connectivity index (χ0) is 29.0. The SMILES string of the molecule is CCCCCCCCCCCCC(=O)OC(COC(=O)CCCCCCCCCCC)COP(=O)(O)OCC. The molecular weight excluding hydrogens is 519 g/mol. The molecule has 2 unspecified atom stereocenters. The van der Waals surface area contributed by atoms with Crippen LogP contribution in [0.4, 0.5) is 0 Å². The van der Waals surface area contributed by atoms with Crippen LogP contribution in [0.1, 0.15) is 156 Å². The maximum Gasteiger partial charge on any atom is 0.472 e. The monoisotopic (exact) mass is 578 g/mol. The van der Waals surface area contributed by atoms with Crippen molar-refractivity contribution in [3.63, 3.8) is 0 Å². The van der Waals surface area contributed by atoms with Crippen LogP contribution in [0.5, 0.6) is 0 Å². The van der Waals surface area contributed by atoms with Gasteiger partial charge in [0.25, 0.3) is 0 Å². The highest BCUT2D eigenvalue weighted by Crippen LogP contribution is 2.43. The summed E-state index contributed by atoms with van der Waals surface area (Å²) in [5.74, 6) is -0.798. The van der Waals surface area contributed by atoms with E-state index in [2.05, 4.69) is 13.8 Å². The quantitative estimate of drug-likeness (QED) is 0.0533. The van der Waals surface area contributed by atoms with Gasteiger partial charge in [0.15, 0.2) is 6.10 Å². The van der Waals surface area contributed by atoms with Gasteiger partial charge in [-0.1, -0.05) is 123 Å². The van der Waals surface area contributed by atoms with Crippen molar-refractivity contribution >= 4 is 19.8 Å². The Morgan fingerprint density at radius 2 is 1.00 bits per heavy atom. The van der Waals surface area contributed by atoms with Gasteiger partial charge in [0, 0.05) is 12.8 Å². The Labute approximate surface area is 238 Å². The molecule has 0 aromatic carbocycles. The zero-order valence-electron chi connectivity index (χ0n) is 25.3. The van der Waals surface area contributed by atoms with Crippen LogP contribution in [0.15, 0.2) is 0 Å². The molecular formula is C30H59O8P. The maximum absolute atomic E-state index is 12.4. The first-order valence-corrected chi connectivity index (χ1v) is 17.3. The summed E-state index contributed by atoms with van der Waals surface area (Å²) >= 11 is 0. The summed E-state index contributed by atoms with van der Waals surface area (Å²) in [6.45, 7) is 5.41. The Hall–Kier alpha value is -0.950. The number of unbranched alkanes of at least 4 members (excludes halogenated alkanes) is 17. The van der Waals surface area contributed by atoms with Crippen molar-refractivity contribution in [2.45, 2.75) is 162 Å². The minimum absolute atomic E-state index is 0.00466. The number of hydrogen-bond donors (Lipinski definition) is 1. The number of carbonyl (C=O) groups is 2. The van der Waals surface area contributed by atoms with Gasteiger partial charge < -0.3 is 14.4 Å². The van der Waals surface area contributed by atoms with E-state index >= 15 is 0 Å². The van der Waals surface area contributed by atoms with Gasteiger partial charge in [-0.2, -0.15) is 0 Å². The molecule has 0 heterocycles. The molecule has 0 spiro atoms. The van der Waals surface area contributed by atoms with E-state index in [0.717, 1.165) is 38.5 Å². The molecule has 1 N–H and O–H groups in total. The Morgan fingerprint density at radius 3 is 1.44 bits per heavy atom. The van der Waals surface area contributed by atoms with E-state index in [0.29, 0.717) is 6.42 Å². The van der Waals surface area contributed by atoms with Crippen molar-refractivity contribution in [3.8, 4) is 0 Å². The lowest BCUT2D eigenvalue weighted by atomic mass is 10.1. The summed E-state index contributed by atoms with van der Waals surface area (Å²) in [4.78, 5) is 34.2. The van der Waals surface area contributed by atoms with Gasteiger partial charge in [-0.3, -0.25) is 18.6 Å². The van der Waals surface area contributed by atoms with Crippen LogP contribution in [-0.2, 0) is 32.7 Å². The molecule has 0 fully saturated rings. The van der Waals surface area contributed by atoms with Crippen LogP contribution in [0.3, 0.4) is 0 Å². The smallest absolute Gasteiger partial charge is 0.462 e. The summed E-state index contributed by atoms with van der Waals surface area (Å²) < 4.78 is 32.3. The second kappa shape index (κ2) is 27.2. The molecule has 9 heteroatoms. The first-order valence-electron chi connectivity index (χ1n) is 15.8. The predicted molar refractivity (Wildman–Crippen MR) is 157 cm³/mol. The lowest BCUT2D eigenvalue weighted by molar-refractivity contribution is -0.161. The van der Waals surface area contributed by atoms with Crippen LogP contribution < -0.4 is 0 Å². The second-order valence-corrected chi connectivity index (χ2v) is 11.9. The number of phosphoric ester groups is 1. The summed E-state index contributed by atoms with van der Waals surface area (Å²) in [6.07, 6.45) is 21.6. The van der Waals surface area contributed by atoms with Crippen molar-refractivity contribution in [1.29, 1.82) is 0 Å². The van der Waals surface area contributed by atoms with Crippen molar-refractivity contribution in [2.24, 2.45) is 0 Å². The van der Waals surface area contributed by atoms with Gasteiger partial charge in [0.1, 0.15) is 6.61 Å². The highest BCUT2D eigenvalue weighted by Gasteiger charge is 2.25. The molecule has 2 atom stereocenters. The molecule has 0 bridgehead atoms. The third kappa shape index (κ3) is 27.0. The number of rotatable bonds is 29. The molecule has 8 nitrogen and oxygen atoms in total. The largest absolute Gasteiger partial charge is 0.472 e. The third-order valence-electron chi connectivity index (χ3n) is 6.66. The average molecular weight is 579 g/mol. The van der Waals surface area contributed by atoms with Crippen LogP contribution >= 0.6 is 7.82 Å². The van der Waals surface area contributed by atoms with Gasteiger partial charge in [-0.05, 0) is 19.8 Å². The van der Waals surface area contributed by atoms with Gasteiger partial charge >= 0.3 is 19.8 Å². The molecule has 0 aliphatic carbocycles. The van der Waals surface area contributed by atoms with E-state index in [4.69, 9.17) is 18.5 Å². The number of hydrogen-bond acceptors (Lipinski definition) is 7. The zero-order valence-corrected chi connectivity index (χ0v) is 26.2. The minimum atomic E-state index is -4.25. The van der Waals surface area contributed by atoms with Crippen LogP contribution in [0, 0.1) is 0 Å². The first-order chi connectivity index (χ1) is 18.8. The molecule has 0 aromatic heterocycles. The molecule has 0 aliphatic heterocycles. The van der Waals surface area contributed by atoms with Crippen LogP contribution in [0.2, 0.25) is 0 Å². The van der Waals surface area contributed by atoms with E-state index in [-0.39, 0.29) is 32.2 Å². The Morgan fingerprint density at radius 1 is 0.590 bits per heavy atom. The number of esters is 2. The lowest BCUT2D eigenvalue weighted by Crippen LogP contribution is -2.29. The van der Waals surface area contributed by atoms with Crippen LogP contribution in [-0.4, -0.2) is 42.8 Å². The maximum atomic E-state index is 12.4. The number of phosphoric acid groups is 1. The highest BCUT2D eigenvalue weighted by molar-refractivity contribution is 7.47. The molecule has 232 valence electrons. The third-order valence-corrected chi connectivity index (χ3v) is 7.72. The highest BCUT2D eigenvalue weighted by atomic mass is 31.2. The van der Waals surface area contributed by atoms with Gasteiger partial charge in [0.05, 0.1) is 13.2 Å². The van der Waals surface area contributed by atoms with E-state index < -0.39 is 19.9 Å². The fourth-order valence-corrected chi connectivity index (χ4v) is 5.09. The predicted octanol–water partition coefficient (Wildman–Crippen LogP) is 8.83. The van der Waals surface area contributed by atoms with E-state index in [1.165, 1.54) is 83.5 Å². The van der Waals surface area contributed by atoms with Crippen LogP contribution in [0.25, 0.3) is 0 Å². The van der Waals surface area contributed by atoms with Crippen molar-refractivity contribution in [1.82, 2.24) is 0 Å². The minimum Gasteiger partial charge on any atom is -0.462 e. The van der Waals surface area contributed by atoms with Gasteiger partial charge in [-0.25, -0.2) is 4.57 Å². The van der Waals surface area contributed by atoms with Gasteiger partial charge in [-0.15, -0.1) is 0 Å². The van der Waals surface area contributed by atoms with E-state index in [1.54, 1.807) is 6.92 Å². The molecule has 0 radical (unpaired) electrons. The fraction of sp³-hybridized carbons (Fsp3) is 0.933. The molecule has 0 amide bonds. The normalized spacial score (nSPS) is 13.6. The van der Waals surface area contributed by atoms with E-state index in [1.807, 2.05) is 0 Å². The molecule has 39 heavy (non-hydrogen) atoms. The first kappa shape index (κ1) is 38.0. The van der Waals surface area contributed by atoms with Crippen molar-refractivity contribution in [2.75, 3.05) is 19.8 Å².